The van der Waals surface area contributed by atoms with E-state index in [0.29, 0.717) is 5.92 Å². The van der Waals surface area contributed by atoms with Gasteiger partial charge in [0.15, 0.2) is 0 Å². The zero-order valence-corrected chi connectivity index (χ0v) is 9.89. The topological polar surface area (TPSA) is 95.2 Å². The Hall–Kier alpha value is -1.63. The molecule has 0 saturated heterocycles. The number of nitrogens with two attached hydrogens (primary N) is 1. The van der Waals surface area contributed by atoms with Gasteiger partial charge in [0.25, 0.3) is 0 Å². The van der Waals surface area contributed by atoms with Crippen LogP contribution in [0.5, 0.6) is 12.0 Å². The summed E-state index contributed by atoms with van der Waals surface area (Å²) in [7, 11) is 1.46. The van der Waals surface area contributed by atoms with Crippen molar-refractivity contribution < 1.29 is 9.47 Å². The van der Waals surface area contributed by atoms with Gasteiger partial charge in [0, 0.05) is 0 Å². The van der Waals surface area contributed by atoms with Gasteiger partial charge in [-0.2, -0.15) is 9.97 Å². The number of ether oxygens (including phenoxy) is 2. The van der Waals surface area contributed by atoms with Crippen LogP contribution in [0, 0.1) is 5.92 Å². The van der Waals surface area contributed by atoms with Crippen molar-refractivity contribution >= 4 is 5.95 Å². The predicted octanol–water partition coefficient (Wildman–Crippen LogP) is 0.589. The molecule has 90 valence electrons. The smallest absolute Gasteiger partial charge is 0.324 e. The van der Waals surface area contributed by atoms with Gasteiger partial charge in [0.05, 0.1) is 7.11 Å². The maximum absolute atomic E-state index is 5.52. The Morgan fingerprint density at radius 3 is 2.25 bits per heavy atom. The predicted molar refractivity (Wildman–Crippen MR) is 59.1 cm³/mol. The van der Waals surface area contributed by atoms with E-state index < -0.39 is 0 Å². The molecule has 0 saturated carbocycles. The number of rotatable bonds is 5. The monoisotopic (exact) mass is 227 g/mol. The summed E-state index contributed by atoms with van der Waals surface area (Å²) in [4.78, 5) is 11.8. The van der Waals surface area contributed by atoms with Gasteiger partial charge in [0.2, 0.25) is 5.95 Å². The fourth-order valence-corrected chi connectivity index (χ4v) is 0.849. The van der Waals surface area contributed by atoms with Crippen LogP contribution in [-0.4, -0.2) is 28.2 Å². The number of nitrogen functional groups attached to an aromatic ring is 1. The minimum Gasteiger partial charge on any atom is -0.467 e. The maximum atomic E-state index is 5.52. The number of aromatic nitrogens is 3. The van der Waals surface area contributed by atoms with Crippen LogP contribution >= 0.6 is 0 Å². The first-order valence-electron chi connectivity index (χ1n) is 5.00. The lowest BCUT2D eigenvalue weighted by Crippen LogP contribution is -2.21. The third kappa shape index (κ3) is 3.20. The number of hydrazine groups is 1. The van der Waals surface area contributed by atoms with Crippen molar-refractivity contribution in [3.8, 4) is 12.0 Å². The Bertz CT molecular complexity index is 322. The van der Waals surface area contributed by atoms with E-state index in [1.54, 1.807) is 0 Å². The third-order valence-electron chi connectivity index (χ3n) is 2.14. The molecular formula is C9H17N5O2. The molecule has 1 aromatic heterocycles. The molecule has 7 heteroatoms. The molecule has 7 nitrogen and oxygen atoms in total. The standard InChI is InChI=1S/C9H17N5O2/c1-5(2)6(3)16-9-12-7(14-10)11-8(13-9)15-4/h5-6H,10H2,1-4H3,(H,11,12,13,14). The lowest BCUT2D eigenvalue weighted by Gasteiger charge is -2.16. The highest BCUT2D eigenvalue weighted by molar-refractivity contribution is 5.25. The summed E-state index contributed by atoms with van der Waals surface area (Å²) in [5, 5.41) is 0. The summed E-state index contributed by atoms with van der Waals surface area (Å²) in [5.74, 6) is 5.78. The van der Waals surface area contributed by atoms with E-state index in [4.69, 9.17) is 15.3 Å². The first kappa shape index (κ1) is 12.4. The molecule has 0 aliphatic carbocycles. The lowest BCUT2D eigenvalue weighted by atomic mass is 10.1. The average Bonchev–Trinajstić information content (AvgIpc) is 2.28. The Labute approximate surface area is 94.4 Å². The van der Waals surface area contributed by atoms with Gasteiger partial charge in [-0.05, 0) is 12.8 Å². The summed E-state index contributed by atoms with van der Waals surface area (Å²) in [6, 6.07) is 0.356. The first-order valence-corrected chi connectivity index (χ1v) is 5.00. The van der Waals surface area contributed by atoms with Crippen LogP contribution in [0.15, 0.2) is 0 Å². The highest BCUT2D eigenvalue weighted by Crippen LogP contribution is 2.15. The zero-order chi connectivity index (χ0) is 12.1. The molecule has 0 aliphatic heterocycles. The van der Waals surface area contributed by atoms with Crippen molar-refractivity contribution in [3.05, 3.63) is 0 Å². The maximum Gasteiger partial charge on any atom is 0.324 e. The molecule has 0 amide bonds. The summed E-state index contributed by atoms with van der Waals surface area (Å²) in [6.45, 7) is 6.03. The minimum atomic E-state index is -0.00210. The Balaban J connectivity index is 2.86. The van der Waals surface area contributed by atoms with Gasteiger partial charge in [-0.1, -0.05) is 13.8 Å². The van der Waals surface area contributed by atoms with Gasteiger partial charge in [-0.15, -0.1) is 4.98 Å². The van der Waals surface area contributed by atoms with E-state index in [-0.39, 0.29) is 24.1 Å². The number of hydrogen-bond donors (Lipinski definition) is 2. The van der Waals surface area contributed by atoms with Crippen molar-refractivity contribution in [1.29, 1.82) is 0 Å². The summed E-state index contributed by atoms with van der Waals surface area (Å²) >= 11 is 0. The number of anilines is 1. The molecule has 1 rings (SSSR count). The van der Waals surface area contributed by atoms with Crippen LogP contribution < -0.4 is 20.7 Å². The largest absolute Gasteiger partial charge is 0.467 e. The fraction of sp³-hybridized carbons (Fsp3) is 0.667. The van der Waals surface area contributed by atoms with Crippen molar-refractivity contribution in [2.24, 2.45) is 11.8 Å². The summed E-state index contributed by atoms with van der Waals surface area (Å²) < 4.78 is 10.4. The van der Waals surface area contributed by atoms with Gasteiger partial charge in [0.1, 0.15) is 6.10 Å². The van der Waals surface area contributed by atoms with E-state index >= 15 is 0 Å². The van der Waals surface area contributed by atoms with Crippen molar-refractivity contribution in [2.45, 2.75) is 26.9 Å². The van der Waals surface area contributed by atoms with E-state index in [0.717, 1.165) is 0 Å². The van der Waals surface area contributed by atoms with Crippen LogP contribution in [-0.2, 0) is 0 Å². The van der Waals surface area contributed by atoms with Crippen LogP contribution in [0.3, 0.4) is 0 Å². The Morgan fingerprint density at radius 1 is 1.12 bits per heavy atom. The van der Waals surface area contributed by atoms with Crippen LogP contribution in [0.1, 0.15) is 20.8 Å². The van der Waals surface area contributed by atoms with Gasteiger partial charge in [-0.25, -0.2) is 5.84 Å². The minimum absolute atomic E-state index is 0.00210. The second-order valence-corrected chi connectivity index (χ2v) is 3.64. The number of nitrogens with one attached hydrogen (secondary N) is 1. The van der Waals surface area contributed by atoms with Crippen LogP contribution in [0.2, 0.25) is 0 Å². The highest BCUT2D eigenvalue weighted by Gasteiger charge is 2.13. The van der Waals surface area contributed by atoms with E-state index in [9.17, 15) is 0 Å². The van der Waals surface area contributed by atoms with E-state index in [1.165, 1.54) is 7.11 Å². The second kappa shape index (κ2) is 5.45. The fourth-order valence-electron chi connectivity index (χ4n) is 0.849. The normalized spacial score (nSPS) is 12.4. The third-order valence-corrected chi connectivity index (χ3v) is 2.14. The molecule has 1 unspecified atom stereocenters. The number of hydrogen-bond acceptors (Lipinski definition) is 7. The van der Waals surface area contributed by atoms with Crippen molar-refractivity contribution in [3.63, 3.8) is 0 Å². The summed E-state index contributed by atoms with van der Waals surface area (Å²) in [5.41, 5.74) is 2.32. The lowest BCUT2D eigenvalue weighted by molar-refractivity contribution is 0.153. The van der Waals surface area contributed by atoms with Crippen LogP contribution in [0.4, 0.5) is 5.95 Å². The van der Waals surface area contributed by atoms with Gasteiger partial charge in [-0.3, -0.25) is 5.43 Å². The van der Waals surface area contributed by atoms with Crippen LogP contribution in [0.25, 0.3) is 0 Å². The molecule has 0 bridgehead atoms. The van der Waals surface area contributed by atoms with E-state index in [2.05, 4.69) is 20.4 Å². The quantitative estimate of drug-likeness (QED) is 0.561. The van der Waals surface area contributed by atoms with Gasteiger partial charge < -0.3 is 9.47 Å². The van der Waals surface area contributed by atoms with Crippen molar-refractivity contribution in [2.75, 3.05) is 12.5 Å². The molecule has 1 atom stereocenters. The molecule has 1 heterocycles. The molecule has 0 fully saturated rings. The molecule has 16 heavy (non-hydrogen) atoms. The van der Waals surface area contributed by atoms with E-state index in [1.807, 2.05) is 20.8 Å². The molecule has 3 N–H and O–H groups in total. The summed E-state index contributed by atoms with van der Waals surface area (Å²) in [6.07, 6.45) is -0.00210. The SMILES string of the molecule is COc1nc(NN)nc(OC(C)C(C)C)n1. The average molecular weight is 227 g/mol. The number of methoxy groups -OCH3 is 1. The highest BCUT2D eigenvalue weighted by atomic mass is 16.5. The second-order valence-electron chi connectivity index (χ2n) is 3.64. The Morgan fingerprint density at radius 2 is 1.75 bits per heavy atom. The number of nitrogens with zero attached hydrogens (tertiary/aromatic N) is 3. The molecule has 0 aliphatic rings. The van der Waals surface area contributed by atoms with Crippen molar-refractivity contribution in [1.82, 2.24) is 15.0 Å². The zero-order valence-electron chi connectivity index (χ0n) is 9.89. The molecule has 0 radical (unpaired) electrons. The molecule has 0 spiro atoms. The molecular weight excluding hydrogens is 210 g/mol. The molecule has 0 aromatic carbocycles. The Kier molecular flexibility index (Phi) is 4.24. The first-order chi connectivity index (χ1) is 7.56. The molecule has 1 aromatic rings. The van der Waals surface area contributed by atoms with Gasteiger partial charge >= 0.3 is 12.0 Å².